The van der Waals surface area contributed by atoms with Crippen molar-refractivity contribution in [1.29, 1.82) is 0 Å². The zero-order valence-corrected chi connectivity index (χ0v) is 9.69. The number of rotatable bonds is 3. The van der Waals surface area contributed by atoms with Gasteiger partial charge in [0.05, 0.1) is 13.5 Å². The van der Waals surface area contributed by atoms with Crippen LogP contribution < -0.4 is 15.8 Å². The number of aromatic nitrogens is 1. The van der Waals surface area contributed by atoms with Gasteiger partial charge in [0, 0.05) is 17.0 Å². The summed E-state index contributed by atoms with van der Waals surface area (Å²) in [5.74, 6) is -0.543. The quantitative estimate of drug-likeness (QED) is 0.741. The van der Waals surface area contributed by atoms with Crippen molar-refractivity contribution in [2.45, 2.75) is 6.42 Å². The number of aliphatic carboxylic acids is 1. The van der Waals surface area contributed by atoms with E-state index in [1.54, 1.807) is 12.1 Å². The molecule has 0 saturated carbocycles. The summed E-state index contributed by atoms with van der Waals surface area (Å²) in [5, 5.41) is 9.39. The average Bonchev–Trinajstić information content (AvgIpc) is 2.29. The molecule has 0 aliphatic heterocycles. The topological polar surface area (TPSA) is 79.4 Å². The molecule has 2 rings (SSSR count). The maximum Gasteiger partial charge on any atom is 0.307 e. The van der Waals surface area contributed by atoms with E-state index in [1.165, 1.54) is 13.2 Å². The molecule has 0 atom stereocenters. The molecule has 0 unspecified atom stereocenters. The van der Waals surface area contributed by atoms with Crippen molar-refractivity contribution in [1.82, 2.24) is 4.98 Å². The molecule has 0 saturated heterocycles. The second-order valence-electron chi connectivity index (χ2n) is 3.84. The van der Waals surface area contributed by atoms with E-state index in [2.05, 4.69) is 4.98 Å². The molecule has 0 fully saturated rings. The molecule has 0 amide bonds. The van der Waals surface area contributed by atoms with Crippen molar-refractivity contribution in [2.24, 2.45) is 0 Å². The first-order valence-electron chi connectivity index (χ1n) is 5.23. The number of pyridine rings is 1. The Balaban J connectivity index is 2.87. The van der Waals surface area contributed by atoms with E-state index in [4.69, 9.17) is 17.7 Å². The first-order chi connectivity index (χ1) is 8.52. The van der Waals surface area contributed by atoms with Gasteiger partial charge in [-0.1, -0.05) is 11.5 Å². The molecule has 2 radical (unpaired) electrons. The summed E-state index contributed by atoms with van der Waals surface area (Å²) in [6.07, 6.45) is -0.264. The normalized spacial score (nSPS) is 10.5. The van der Waals surface area contributed by atoms with Crippen molar-refractivity contribution in [3.8, 4) is 5.75 Å². The molecule has 5 nitrogen and oxygen atoms in total. The highest BCUT2D eigenvalue weighted by Crippen LogP contribution is 2.25. The molecule has 90 valence electrons. The molecular formula is C12H10BNO4. The molecular weight excluding hydrogens is 233 g/mol. The number of benzene rings is 1. The van der Waals surface area contributed by atoms with Gasteiger partial charge in [-0.2, -0.15) is 0 Å². The standard InChI is InChI=1S/C12H10BNO4/c1-18-8-3-2-7(13)12-11(8)6(5-10(16)17)4-9(15)14-12/h2-4H,5H2,1H3,(H,14,15)(H,16,17). The van der Waals surface area contributed by atoms with Gasteiger partial charge >= 0.3 is 5.97 Å². The van der Waals surface area contributed by atoms with Gasteiger partial charge < -0.3 is 14.8 Å². The van der Waals surface area contributed by atoms with Gasteiger partial charge in [0.2, 0.25) is 5.56 Å². The molecule has 18 heavy (non-hydrogen) atoms. The highest BCUT2D eigenvalue weighted by Gasteiger charge is 2.13. The van der Waals surface area contributed by atoms with Crippen LogP contribution in [0.1, 0.15) is 5.56 Å². The summed E-state index contributed by atoms with van der Waals surface area (Å²) in [5.41, 5.74) is 0.761. The van der Waals surface area contributed by atoms with Gasteiger partial charge in [-0.15, -0.1) is 0 Å². The predicted octanol–water partition coefficient (Wildman–Crippen LogP) is -0.0424. The summed E-state index contributed by atoms with van der Waals surface area (Å²) in [4.78, 5) is 24.9. The molecule has 0 aliphatic carbocycles. The number of aromatic amines is 1. The van der Waals surface area contributed by atoms with Gasteiger partial charge in [0.15, 0.2) is 0 Å². The second-order valence-corrected chi connectivity index (χ2v) is 3.84. The van der Waals surface area contributed by atoms with Gasteiger partial charge in [-0.3, -0.25) is 9.59 Å². The summed E-state index contributed by atoms with van der Waals surface area (Å²) in [7, 11) is 7.25. The summed E-state index contributed by atoms with van der Waals surface area (Å²) in [6.45, 7) is 0. The van der Waals surface area contributed by atoms with Gasteiger partial charge in [0.25, 0.3) is 0 Å². The lowest BCUT2D eigenvalue weighted by atomic mass is 9.91. The Morgan fingerprint density at radius 2 is 2.22 bits per heavy atom. The van der Waals surface area contributed by atoms with E-state index in [0.717, 1.165) is 0 Å². The number of H-pyrrole nitrogens is 1. The first-order valence-corrected chi connectivity index (χ1v) is 5.23. The molecule has 0 bridgehead atoms. The number of ether oxygens (including phenoxy) is 1. The molecule has 2 N–H and O–H groups in total. The van der Waals surface area contributed by atoms with Crippen LogP contribution in [0.25, 0.3) is 10.9 Å². The zero-order chi connectivity index (χ0) is 13.3. The Morgan fingerprint density at radius 3 is 2.83 bits per heavy atom. The van der Waals surface area contributed by atoms with Crippen LogP contribution in [-0.4, -0.2) is 31.0 Å². The van der Waals surface area contributed by atoms with E-state index in [-0.39, 0.29) is 6.42 Å². The van der Waals surface area contributed by atoms with E-state index in [1.807, 2.05) is 0 Å². The first kappa shape index (κ1) is 12.2. The maximum absolute atomic E-state index is 11.5. The van der Waals surface area contributed by atoms with Crippen molar-refractivity contribution in [3.05, 3.63) is 34.1 Å². The predicted molar refractivity (Wildman–Crippen MR) is 67.8 cm³/mol. The molecule has 0 spiro atoms. The van der Waals surface area contributed by atoms with Crippen LogP contribution in [-0.2, 0) is 11.2 Å². The second kappa shape index (κ2) is 4.56. The van der Waals surface area contributed by atoms with Crippen molar-refractivity contribution in [2.75, 3.05) is 7.11 Å². The third kappa shape index (κ3) is 2.09. The molecule has 2 aromatic rings. The lowest BCUT2D eigenvalue weighted by molar-refractivity contribution is -0.136. The average molecular weight is 243 g/mol. The zero-order valence-electron chi connectivity index (χ0n) is 9.69. The van der Waals surface area contributed by atoms with E-state index >= 15 is 0 Å². The Labute approximate surface area is 104 Å². The van der Waals surface area contributed by atoms with Crippen LogP contribution in [0.3, 0.4) is 0 Å². The monoisotopic (exact) mass is 243 g/mol. The lowest BCUT2D eigenvalue weighted by Crippen LogP contribution is -2.16. The number of methoxy groups -OCH3 is 1. The molecule has 6 heteroatoms. The number of fused-ring (bicyclic) bond motifs is 1. The van der Waals surface area contributed by atoms with Crippen LogP contribution >= 0.6 is 0 Å². The molecule has 0 aliphatic rings. The van der Waals surface area contributed by atoms with Crippen molar-refractivity contribution < 1.29 is 14.6 Å². The van der Waals surface area contributed by atoms with Crippen molar-refractivity contribution in [3.63, 3.8) is 0 Å². The van der Waals surface area contributed by atoms with Gasteiger partial charge in [-0.25, -0.2) is 0 Å². The minimum absolute atomic E-state index is 0.264. The SMILES string of the molecule is [B]c1ccc(OC)c2c(CC(=O)O)cc(=O)[nH]c12. The summed E-state index contributed by atoms with van der Waals surface area (Å²) < 4.78 is 5.17. The fraction of sp³-hybridized carbons (Fsp3) is 0.167. The van der Waals surface area contributed by atoms with Crippen LogP contribution in [0, 0.1) is 0 Å². The summed E-state index contributed by atoms with van der Waals surface area (Å²) >= 11 is 0. The lowest BCUT2D eigenvalue weighted by Gasteiger charge is -2.11. The number of carboxylic acid groups (broad SMARTS) is 1. The van der Waals surface area contributed by atoms with E-state index in [0.29, 0.717) is 27.7 Å². The fourth-order valence-corrected chi connectivity index (χ4v) is 1.92. The largest absolute Gasteiger partial charge is 0.496 e. The van der Waals surface area contributed by atoms with E-state index in [9.17, 15) is 9.59 Å². The number of nitrogens with one attached hydrogen (secondary N) is 1. The number of carboxylic acids is 1. The highest BCUT2D eigenvalue weighted by atomic mass is 16.5. The van der Waals surface area contributed by atoms with Crippen molar-refractivity contribution >= 4 is 30.2 Å². The maximum atomic E-state index is 11.5. The van der Waals surface area contributed by atoms with Crippen LogP contribution in [0.15, 0.2) is 23.0 Å². The third-order valence-corrected chi connectivity index (χ3v) is 2.64. The van der Waals surface area contributed by atoms with Crippen LogP contribution in [0.4, 0.5) is 0 Å². The Hall–Kier alpha value is -2.24. The minimum Gasteiger partial charge on any atom is -0.496 e. The van der Waals surface area contributed by atoms with Gasteiger partial charge in [0.1, 0.15) is 13.6 Å². The van der Waals surface area contributed by atoms with Gasteiger partial charge in [-0.05, 0) is 11.6 Å². The highest BCUT2D eigenvalue weighted by molar-refractivity contribution is 6.38. The Morgan fingerprint density at radius 1 is 1.50 bits per heavy atom. The third-order valence-electron chi connectivity index (χ3n) is 2.64. The Bertz CT molecular complexity index is 678. The summed E-state index contributed by atoms with van der Waals surface area (Å²) in [6, 6.07) is 4.49. The molecule has 1 aromatic carbocycles. The Kier molecular flexibility index (Phi) is 3.10. The number of carbonyl (C=O) groups is 1. The molecule has 1 heterocycles. The molecule has 1 aromatic heterocycles. The van der Waals surface area contributed by atoms with Crippen LogP contribution in [0.2, 0.25) is 0 Å². The van der Waals surface area contributed by atoms with Crippen LogP contribution in [0.5, 0.6) is 5.75 Å². The number of hydrogen-bond donors (Lipinski definition) is 2. The minimum atomic E-state index is -1.02. The van der Waals surface area contributed by atoms with E-state index < -0.39 is 11.5 Å². The number of hydrogen-bond acceptors (Lipinski definition) is 3. The smallest absolute Gasteiger partial charge is 0.307 e. The fourth-order valence-electron chi connectivity index (χ4n) is 1.92.